The molecule has 1 aromatic rings. The summed E-state index contributed by atoms with van der Waals surface area (Å²) in [5.74, 6) is -0.812. The molecule has 0 aliphatic rings. The standard InChI is InChI=1S/C11H11ClN2O2/c12-9-6-8(7-13)3-4-10(9)14-5-1-2-11(15)16/h3-4,6,14H,1-2,5H2,(H,15,16). The molecule has 0 fully saturated rings. The van der Waals surface area contributed by atoms with Crippen LogP contribution in [0.15, 0.2) is 18.2 Å². The van der Waals surface area contributed by atoms with Gasteiger partial charge in [-0.2, -0.15) is 5.26 Å². The molecule has 0 radical (unpaired) electrons. The molecule has 0 aromatic heterocycles. The molecule has 84 valence electrons. The average Bonchev–Trinajstić information content (AvgIpc) is 2.25. The minimum absolute atomic E-state index is 0.126. The number of carboxylic acids is 1. The second-order valence-electron chi connectivity index (χ2n) is 3.23. The van der Waals surface area contributed by atoms with Gasteiger partial charge in [0.05, 0.1) is 22.3 Å². The molecule has 0 bridgehead atoms. The fourth-order valence-electron chi connectivity index (χ4n) is 1.19. The number of anilines is 1. The number of hydrogen-bond acceptors (Lipinski definition) is 3. The van der Waals surface area contributed by atoms with Crippen LogP contribution in [0.2, 0.25) is 5.02 Å². The van der Waals surface area contributed by atoms with Crippen molar-refractivity contribution in [1.29, 1.82) is 5.26 Å². The molecular formula is C11H11ClN2O2. The van der Waals surface area contributed by atoms with Crippen molar-refractivity contribution < 1.29 is 9.90 Å². The average molecular weight is 239 g/mol. The van der Waals surface area contributed by atoms with Crippen molar-refractivity contribution in [3.8, 4) is 6.07 Å². The van der Waals surface area contributed by atoms with Gasteiger partial charge in [0, 0.05) is 13.0 Å². The molecule has 16 heavy (non-hydrogen) atoms. The lowest BCUT2D eigenvalue weighted by Crippen LogP contribution is -2.05. The van der Waals surface area contributed by atoms with Gasteiger partial charge in [0.2, 0.25) is 0 Å². The third-order valence-electron chi connectivity index (χ3n) is 1.98. The molecular weight excluding hydrogens is 228 g/mol. The van der Waals surface area contributed by atoms with E-state index in [0.717, 1.165) is 0 Å². The highest BCUT2D eigenvalue weighted by atomic mass is 35.5. The first kappa shape index (κ1) is 12.3. The van der Waals surface area contributed by atoms with Crippen LogP contribution < -0.4 is 5.32 Å². The summed E-state index contributed by atoms with van der Waals surface area (Å²) < 4.78 is 0. The molecule has 0 aliphatic heterocycles. The Morgan fingerprint density at radius 3 is 2.88 bits per heavy atom. The lowest BCUT2D eigenvalue weighted by molar-refractivity contribution is -0.137. The van der Waals surface area contributed by atoms with Crippen molar-refractivity contribution in [3.63, 3.8) is 0 Å². The number of benzene rings is 1. The Balaban J connectivity index is 2.49. The fourth-order valence-corrected chi connectivity index (χ4v) is 1.44. The van der Waals surface area contributed by atoms with E-state index in [-0.39, 0.29) is 6.42 Å². The molecule has 1 rings (SSSR count). The summed E-state index contributed by atoms with van der Waals surface area (Å²) in [6.45, 7) is 0.540. The highest BCUT2D eigenvalue weighted by Crippen LogP contribution is 2.22. The van der Waals surface area contributed by atoms with Crippen LogP contribution in [0.3, 0.4) is 0 Å². The smallest absolute Gasteiger partial charge is 0.303 e. The molecule has 0 unspecified atom stereocenters. The first-order valence-electron chi connectivity index (χ1n) is 4.79. The third kappa shape index (κ3) is 3.79. The number of halogens is 1. The summed E-state index contributed by atoms with van der Waals surface area (Å²) in [5, 5.41) is 20.6. The van der Waals surface area contributed by atoms with Crippen molar-refractivity contribution in [2.24, 2.45) is 0 Å². The molecule has 0 aliphatic carbocycles. The Morgan fingerprint density at radius 2 is 2.31 bits per heavy atom. The van der Waals surface area contributed by atoms with E-state index >= 15 is 0 Å². The van der Waals surface area contributed by atoms with Crippen molar-refractivity contribution in [2.75, 3.05) is 11.9 Å². The van der Waals surface area contributed by atoms with Gasteiger partial charge in [-0.05, 0) is 24.6 Å². The molecule has 0 spiro atoms. The summed E-state index contributed by atoms with van der Waals surface area (Å²) >= 11 is 5.92. The maximum atomic E-state index is 10.3. The SMILES string of the molecule is N#Cc1ccc(NCCCC(=O)O)c(Cl)c1. The quantitative estimate of drug-likeness (QED) is 0.773. The molecule has 0 amide bonds. The van der Waals surface area contributed by atoms with Crippen LogP contribution in [-0.2, 0) is 4.79 Å². The normalized spacial score (nSPS) is 9.50. The van der Waals surface area contributed by atoms with E-state index in [1.807, 2.05) is 6.07 Å². The van der Waals surface area contributed by atoms with Gasteiger partial charge >= 0.3 is 5.97 Å². The third-order valence-corrected chi connectivity index (χ3v) is 2.29. The van der Waals surface area contributed by atoms with Crippen LogP contribution in [0, 0.1) is 11.3 Å². The van der Waals surface area contributed by atoms with E-state index in [9.17, 15) is 4.79 Å². The van der Waals surface area contributed by atoms with Crippen LogP contribution in [0.4, 0.5) is 5.69 Å². The Morgan fingerprint density at radius 1 is 1.56 bits per heavy atom. The van der Waals surface area contributed by atoms with Crippen molar-refractivity contribution >= 4 is 23.3 Å². The minimum Gasteiger partial charge on any atom is -0.481 e. The van der Waals surface area contributed by atoms with Crippen LogP contribution in [0.1, 0.15) is 18.4 Å². The van der Waals surface area contributed by atoms with E-state index in [2.05, 4.69) is 5.32 Å². The van der Waals surface area contributed by atoms with Crippen molar-refractivity contribution in [2.45, 2.75) is 12.8 Å². The maximum Gasteiger partial charge on any atom is 0.303 e. The zero-order valence-corrected chi connectivity index (χ0v) is 9.29. The predicted molar refractivity (Wildman–Crippen MR) is 61.5 cm³/mol. The topological polar surface area (TPSA) is 73.1 Å². The highest BCUT2D eigenvalue weighted by Gasteiger charge is 2.01. The van der Waals surface area contributed by atoms with E-state index < -0.39 is 5.97 Å². The monoisotopic (exact) mass is 238 g/mol. The van der Waals surface area contributed by atoms with E-state index in [1.165, 1.54) is 0 Å². The van der Waals surface area contributed by atoms with Gasteiger partial charge in [0.15, 0.2) is 0 Å². The largest absolute Gasteiger partial charge is 0.481 e. The van der Waals surface area contributed by atoms with Gasteiger partial charge in [-0.1, -0.05) is 11.6 Å². The number of nitriles is 1. The summed E-state index contributed by atoms with van der Waals surface area (Å²) in [6, 6.07) is 6.93. The highest BCUT2D eigenvalue weighted by molar-refractivity contribution is 6.33. The van der Waals surface area contributed by atoms with E-state index in [0.29, 0.717) is 29.2 Å². The van der Waals surface area contributed by atoms with Gasteiger partial charge in [-0.15, -0.1) is 0 Å². The number of aliphatic carboxylic acids is 1. The summed E-state index contributed by atoms with van der Waals surface area (Å²) in [7, 11) is 0. The summed E-state index contributed by atoms with van der Waals surface area (Å²) in [5.41, 5.74) is 1.21. The number of carbonyl (C=O) groups is 1. The Kier molecular flexibility index (Phi) is 4.62. The zero-order valence-electron chi connectivity index (χ0n) is 8.53. The number of rotatable bonds is 5. The van der Waals surface area contributed by atoms with Crippen molar-refractivity contribution in [1.82, 2.24) is 0 Å². The lowest BCUT2D eigenvalue weighted by Gasteiger charge is -2.07. The number of hydrogen-bond donors (Lipinski definition) is 2. The molecule has 0 saturated carbocycles. The van der Waals surface area contributed by atoms with Gasteiger partial charge in [0.1, 0.15) is 0 Å². The molecule has 4 nitrogen and oxygen atoms in total. The molecule has 5 heteroatoms. The van der Waals surface area contributed by atoms with Crippen LogP contribution >= 0.6 is 11.6 Å². The van der Waals surface area contributed by atoms with Crippen molar-refractivity contribution in [3.05, 3.63) is 28.8 Å². The van der Waals surface area contributed by atoms with Gasteiger partial charge in [-0.25, -0.2) is 0 Å². The number of nitrogens with zero attached hydrogens (tertiary/aromatic N) is 1. The van der Waals surface area contributed by atoms with E-state index in [4.69, 9.17) is 22.0 Å². The first-order valence-corrected chi connectivity index (χ1v) is 5.16. The number of carboxylic acid groups (broad SMARTS) is 1. The Hall–Kier alpha value is -1.73. The van der Waals surface area contributed by atoms with Crippen LogP contribution in [0.5, 0.6) is 0 Å². The van der Waals surface area contributed by atoms with Gasteiger partial charge in [0.25, 0.3) is 0 Å². The Labute approximate surface area is 98.5 Å². The molecule has 0 heterocycles. The lowest BCUT2D eigenvalue weighted by atomic mass is 10.2. The Bertz CT molecular complexity index is 426. The molecule has 0 atom stereocenters. The van der Waals surface area contributed by atoms with Gasteiger partial charge in [-0.3, -0.25) is 4.79 Å². The van der Waals surface area contributed by atoms with Gasteiger partial charge < -0.3 is 10.4 Å². The second kappa shape index (κ2) is 5.99. The second-order valence-corrected chi connectivity index (χ2v) is 3.64. The zero-order chi connectivity index (χ0) is 12.0. The molecule has 0 saturated heterocycles. The molecule has 1 aromatic carbocycles. The maximum absolute atomic E-state index is 10.3. The minimum atomic E-state index is -0.812. The number of nitrogens with one attached hydrogen (secondary N) is 1. The fraction of sp³-hybridized carbons (Fsp3) is 0.273. The van der Waals surface area contributed by atoms with Crippen LogP contribution in [-0.4, -0.2) is 17.6 Å². The van der Waals surface area contributed by atoms with Crippen LogP contribution in [0.25, 0.3) is 0 Å². The predicted octanol–water partition coefficient (Wildman–Crippen LogP) is 2.49. The van der Waals surface area contributed by atoms with E-state index in [1.54, 1.807) is 18.2 Å². The first-order chi connectivity index (χ1) is 7.63. The summed E-state index contributed by atoms with van der Waals surface area (Å²) in [6.07, 6.45) is 0.659. The summed E-state index contributed by atoms with van der Waals surface area (Å²) in [4.78, 5) is 10.3. The molecule has 2 N–H and O–H groups in total.